The molecule has 1 nitrogen and oxygen atoms in total. The van der Waals surface area contributed by atoms with Crippen LogP contribution in [0.5, 0.6) is 0 Å². The van der Waals surface area contributed by atoms with Crippen molar-refractivity contribution in [1.29, 1.82) is 5.26 Å². The van der Waals surface area contributed by atoms with Crippen LogP contribution in [0.15, 0.2) is 66.7 Å². The molecule has 3 aromatic carbocycles. The zero-order valence-corrected chi connectivity index (χ0v) is 13.3. The fourth-order valence-electron chi connectivity index (χ4n) is 3.81. The maximum absolute atomic E-state index is 9.01. The molecule has 1 aliphatic carbocycles. The number of nitrogens with zero attached hydrogens (tertiary/aromatic N) is 1. The predicted molar refractivity (Wildman–Crippen MR) is 94.2 cm³/mol. The summed E-state index contributed by atoms with van der Waals surface area (Å²) in [4.78, 5) is 0. The molecule has 0 heterocycles. The van der Waals surface area contributed by atoms with Crippen LogP contribution in [-0.4, -0.2) is 0 Å². The highest BCUT2D eigenvalue weighted by molar-refractivity contribution is 5.88. The lowest BCUT2D eigenvalue weighted by Gasteiger charge is -2.24. The van der Waals surface area contributed by atoms with Gasteiger partial charge in [-0.25, -0.2) is 0 Å². The first-order valence-corrected chi connectivity index (χ1v) is 7.87. The van der Waals surface area contributed by atoms with E-state index < -0.39 is 0 Å². The van der Waals surface area contributed by atoms with E-state index in [1.54, 1.807) is 0 Å². The number of benzene rings is 3. The predicted octanol–water partition coefficient (Wildman–Crippen LogP) is 5.53. The summed E-state index contributed by atoms with van der Waals surface area (Å²) in [6.07, 6.45) is 0. The number of rotatable bonds is 1. The average molecular weight is 295 g/mol. The van der Waals surface area contributed by atoms with Crippen LogP contribution < -0.4 is 0 Å². The van der Waals surface area contributed by atoms with Gasteiger partial charge in [-0.1, -0.05) is 68.4 Å². The van der Waals surface area contributed by atoms with Gasteiger partial charge in [0.15, 0.2) is 0 Å². The van der Waals surface area contributed by atoms with Crippen molar-refractivity contribution >= 4 is 0 Å². The first-order valence-electron chi connectivity index (χ1n) is 7.87. The molecule has 23 heavy (non-hydrogen) atoms. The van der Waals surface area contributed by atoms with Crippen molar-refractivity contribution in [3.63, 3.8) is 0 Å². The van der Waals surface area contributed by atoms with Crippen LogP contribution in [0.4, 0.5) is 0 Å². The molecular formula is C22H17N. The van der Waals surface area contributed by atoms with Crippen LogP contribution in [0.3, 0.4) is 0 Å². The van der Waals surface area contributed by atoms with Gasteiger partial charge in [0, 0.05) is 5.41 Å². The summed E-state index contributed by atoms with van der Waals surface area (Å²) >= 11 is 0. The summed E-state index contributed by atoms with van der Waals surface area (Å²) in [5.41, 5.74) is 8.53. The van der Waals surface area contributed by atoms with E-state index in [4.69, 9.17) is 5.26 Å². The van der Waals surface area contributed by atoms with Crippen molar-refractivity contribution in [2.45, 2.75) is 19.3 Å². The van der Waals surface area contributed by atoms with Gasteiger partial charge in [-0.2, -0.15) is 5.26 Å². The summed E-state index contributed by atoms with van der Waals surface area (Å²) < 4.78 is 0. The fourth-order valence-corrected chi connectivity index (χ4v) is 3.81. The minimum Gasteiger partial charge on any atom is -0.192 e. The van der Waals surface area contributed by atoms with Gasteiger partial charge < -0.3 is 0 Å². The lowest BCUT2D eigenvalue weighted by Crippen LogP contribution is -2.16. The van der Waals surface area contributed by atoms with E-state index in [9.17, 15) is 0 Å². The monoisotopic (exact) mass is 295 g/mol. The minimum atomic E-state index is -0.0174. The van der Waals surface area contributed by atoms with E-state index in [-0.39, 0.29) is 5.41 Å². The van der Waals surface area contributed by atoms with Gasteiger partial charge in [-0.3, -0.25) is 0 Å². The third kappa shape index (κ3) is 1.92. The molecule has 0 fully saturated rings. The zero-order valence-electron chi connectivity index (χ0n) is 13.3. The topological polar surface area (TPSA) is 23.8 Å². The standard InChI is InChI=1S/C22H17N/c1-22(2)20-9-4-3-6-18(20)19-8-5-7-17(21(19)22)16-12-10-15(14-23)11-13-16/h3-13H,1-2H3. The lowest BCUT2D eigenvalue weighted by atomic mass is 9.79. The zero-order chi connectivity index (χ0) is 16.0. The van der Waals surface area contributed by atoms with E-state index in [0.717, 1.165) is 0 Å². The number of hydrogen-bond donors (Lipinski definition) is 0. The Bertz CT molecular complexity index is 940. The van der Waals surface area contributed by atoms with Crippen molar-refractivity contribution in [3.8, 4) is 28.3 Å². The Morgan fingerprint density at radius 2 is 1.39 bits per heavy atom. The molecule has 1 heteroatoms. The summed E-state index contributed by atoms with van der Waals surface area (Å²) in [5.74, 6) is 0. The number of fused-ring (bicyclic) bond motifs is 3. The highest BCUT2D eigenvalue weighted by Gasteiger charge is 2.36. The first-order chi connectivity index (χ1) is 11.1. The Morgan fingerprint density at radius 1 is 0.739 bits per heavy atom. The largest absolute Gasteiger partial charge is 0.192 e. The highest BCUT2D eigenvalue weighted by atomic mass is 14.4. The van der Waals surface area contributed by atoms with Gasteiger partial charge in [0.1, 0.15) is 0 Å². The summed E-state index contributed by atoms with van der Waals surface area (Å²) in [6.45, 7) is 4.59. The second kappa shape index (κ2) is 4.83. The van der Waals surface area contributed by atoms with Crippen molar-refractivity contribution < 1.29 is 0 Å². The smallest absolute Gasteiger partial charge is 0.0991 e. The Balaban J connectivity index is 1.98. The van der Waals surface area contributed by atoms with E-state index >= 15 is 0 Å². The quantitative estimate of drug-likeness (QED) is 0.579. The molecule has 0 aliphatic heterocycles. The van der Waals surface area contributed by atoms with Gasteiger partial charge in [-0.05, 0) is 45.5 Å². The van der Waals surface area contributed by atoms with Crippen LogP contribution in [-0.2, 0) is 5.41 Å². The molecule has 0 spiro atoms. The Hall–Kier alpha value is -2.85. The number of nitriles is 1. The molecule has 0 aromatic heterocycles. The molecule has 4 rings (SSSR count). The van der Waals surface area contributed by atoms with Crippen molar-refractivity contribution in [3.05, 3.63) is 83.4 Å². The molecule has 0 amide bonds. The maximum atomic E-state index is 9.01. The third-order valence-corrected chi connectivity index (χ3v) is 4.91. The number of hydrogen-bond acceptors (Lipinski definition) is 1. The van der Waals surface area contributed by atoms with Crippen molar-refractivity contribution in [2.75, 3.05) is 0 Å². The van der Waals surface area contributed by atoms with E-state index in [2.05, 4.69) is 62.4 Å². The van der Waals surface area contributed by atoms with Gasteiger partial charge in [0.2, 0.25) is 0 Å². The fraction of sp³-hybridized carbons (Fsp3) is 0.136. The van der Waals surface area contributed by atoms with Crippen molar-refractivity contribution in [2.24, 2.45) is 0 Å². The minimum absolute atomic E-state index is 0.0174. The van der Waals surface area contributed by atoms with Crippen LogP contribution in [0.25, 0.3) is 22.3 Å². The Morgan fingerprint density at radius 3 is 2.13 bits per heavy atom. The normalized spacial score (nSPS) is 14.0. The van der Waals surface area contributed by atoms with Gasteiger partial charge in [-0.15, -0.1) is 0 Å². The molecule has 0 radical (unpaired) electrons. The summed E-state index contributed by atoms with van der Waals surface area (Å²) in [5, 5.41) is 9.01. The van der Waals surface area contributed by atoms with Crippen LogP contribution in [0.2, 0.25) is 0 Å². The molecule has 3 aromatic rings. The van der Waals surface area contributed by atoms with E-state index in [1.165, 1.54) is 33.4 Å². The summed E-state index contributed by atoms with van der Waals surface area (Å²) in [7, 11) is 0. The molecule has 0 saturated carbocycles. The lowest BCUT2D eigenvalue weighted by molar-refractivity contribution is 0.662. The SMILES string of the molecule is CC1(C)c2ccccc2-c2cccc(-c3ccc(C#N)cc3)c21. The maximum Gasteiger partial charge on any atom is 0.0991 e. The second-order valence-electron chi connectivity index (χ2n) is 6.59. The third-order valence-electron chi connectivity index (χ3n) is 4.91. The van der Waals surface area contributed by atoms with Crippen LogP contribution in [0.1, 0.15) is 30.5 Å². The second-order valence-corrected chi connectivity index (χ2v) is 6.59. The molecule has 0 atom stereocenters. The molecule has 1 aliphatic rings. The average Bonchev–Trinajstić information content (AvgIpc) is 2.84. The molecule has 0 N–H and O–H groups in total. The first kappa shape index (κ1) is 13.8. The van der Waals surface area contributed by atoms with Crippen LogP contribution in [0, 0.1) is 11.3 Å². The Labute approximate surface area is 136 Å². The van der Waals surface area contributed by atoms with Gasteiger partial charge >= 0.3 is 0 Å². The summed E-state index contributed by atoms with van der Waals surface area (Å²) in [6, 6.07) is 25.3. The van der Waals surface area contributed by atoms with Crippen molar-refractivity contribution in [1.82, 2.24) is 0 Å². The Kier molecular flexibility index (Phi) is 2.89. The van der Waals surface area contributed by atoms with Crippen LogP contribution >= 0.6 is 0 Å². The molecule has 0 unspecified atom stereocenters. The molecular weight excluding hydrogens is 278 g/mol. The van der Waals surface area contributed by atoms with E-state index in [1.807, 2.05) is 24.3 Å². The van der Waals surface area contributed by atoms with E-state index in [0.29, 0.717) is 5.56 Å². The molecule has 0 saturated heterocycles. The molecule has 0 bridgehead atoms. The van der Waals surface area contributed by atoms with Gasteiger partial charge in [0.05, 0.1) is 11.6 Å². The highest BCUT2D eigenvalue weighted by Crippen LogP contribution is 2.51. The molecule has 110 valence electrons. The van der Waals surface area contributed by atoms with Gasteiger partial charge in [0.25, 0.3) is 0 Å².